The number of fused-ring (bicyclic) bond motifs is 1. The summed E-state index contributed by atoms with van der Waals surface area (Å²) >= 11 is 0. The van der Waals surface area contributed by atoms with E-state index in [-0.39, 0.29) is 12.7 Å². The second-order valence-electron chi connectivity index (χ2n) is 5.18. The van der Waals surface area contributed by atoms with Crippen molar-refractivity contribution in [2.75, 3.05) is 19.9 Å². The fraction of sp³-hybridized carbons (Fsp3) is 0.438. The van der Waals surface area contributed by atoms with Crippen LogP contribution in [0.15, 0.2) is 30.4 Å². The minimum absolute atomic E-state index is 0.0841. The summed E-state index contributed by atoms with van der Waals surface area (Å²) in [6, 6.07) is 5.45. The van der Waals surface area contributed by atoms with Gasteiger partial charge in [0.25, 0.3) is 0 Å². The van der Waals surface area contributed by atoms with Crippen molar-refractivity contribution in [3.63, 3.8) is 0 Å². The zero-order chi connectivity index (χ0) is 14.5. The Bertz CT molecular complexity index is 541. The number of hydrogen-bond acceptors (Lipinski definition) is 4. The molecule has 0 aromatic heterocycles. The van der Waals surface area contributed by atoms with E-state index in [2.05, 4.69) is 17.5 Å². The number of benzene rings is 1. The van der Waals surface area contributed by atoms with Gasteiger partial charge >= 0.3 is 0 Å². The van der Waals surface area contributed by atoms with Crippen molar-refractivity contribution in [2.24, 2.45) is 5.92 Å². The fourth-order valence-electron chi connectivity index (χ4n) is 2.50. The Kier molecular flexibility index (Phi) is 4.28. The Morgan fingerprint density at radius 1 is 1.33 bits per heavy atom. The highest BCUT2D eigenvalue weighted by Crippen LogP contribution is 2.34. The summed E-state index contributed by atoms with van der Waals surface area (Å²) in [5, 5.41) is 2.88. The van der Waals surface area contributed by atoms with Crippen molar-refractivity contribution >= 4 is 5.91 Å². The maximum Gasteiger partial charge on any atom is 0.231 e. The quantitative estimate of drug-likeness (QED) is 0.645. The van der Waals surface area contributed by atoms with Crippen molar-refractivity contribution < 1.29 is 19.0 Å². The van der Waals surface area contributed by atoms with E-state index >= 15 is 0 Å². The van der Waals surface area contributed by atoms with E-state index in [9.17, 15) is 4.79 Å². The van der Waals surface area contributed by atoms with Crippen LogP contribution in [0.5, 0.6) is 17.2 Å². The molecule has 0 spiro atoms. The van der Waals surface area contributed by atoms with Crippen LogP contribution in [0.3, 0.4) is 0 Å². The van der Waals surface area contributed by atoms with Crippen LogP contribution in [0.25, 0.3) is 0 Å². The molecular weight excluding hydrogens is 270 g/mol. The molecule has 1 atom stereocenters. The van der Waals surface area contributed by atoms with Gasteiger partial charge in [0, 0.05) is 12.5 Å². The molecule has 21 heavy (non-hydrogen) atoms. The zero-order valence-electron chi connectivity index (χ0n) is 11.8. The number of nitrogens with one attached hydrogen (secondary N) is 1. The maximum absolute atomic E-state index is 11.7. The van der Waals surface area contributed by atoms with E-state index in [1.54, 1.807) is 6.07 Å². The first-order valence-electron chi connectivity index (χ1n) is 7.27. The summed E-state index contributed by atoms with van der Waals surface area (Å²) in [5.74, 6) is 2.64. The van der Waals surface area contributed by atoms with Gasteiger partial charge in [0.15, 0.2) is 11.5 Å². The molecule has 1 aromatic rings. The average molecular weight is 289 g/mol. The highest BCUT2D eigenvalue weighted by Gasteiger charge is 2.14. The topological polar surface area (TPSA) is 56.8 Å². The largest absolute Gasteiger partial charge is 0.492 e. The van der Waals surface area contributed by atoms with Gasteiger partial charge in [-0.3, -0.25) is 4.79 Å². The summed E-state index contributed by atoms with van der Waals surface area (Å²) in [4.78, 5) is 11.7. The summed E-state index contributed by atoms with van der Waals surface area (Å²) in [5.41, 5.74) is 0. The van der Waals surface area contributed by atoms with Gasteiger partial charge < -0.3 is 19.5 Å². The fourth-order valence-corrected chi connectivity index (χ4v) is 2.50. The second-order valence-corrected chi connectivity index (χ2v) is 5.18. The molecule has 0 saturated carbocycles. The molecule has 0 fully saturated rings. The predicted octanol–water partition coefficient (Wildman–Crippen LogP) is 2.27. The first-order valence-corrected chi connectivity index (χ1v) is 7.27. The standard InChI is InChI=1S/C16H19NO4/c18-16(9-12-3-1-2-4-12)17-7-8-19-13-5-6-14-15(10-13)21-11-20-14/h1,3,5-6,10,12H,2,4,7-9,11H2,(H,17,18). The van der Waals surface area contributed by atoms with Crippen LogP contribution in [-0.4, -0.2) is 25.9 Å². The first-order chi connectivity index (χ1) is 10.3. The molecule has 0 saturated heterocycles. The Labute approximate surface area is 123 Å². The van der Waals surface area contributed by atoms with Crippen molar-refractivity contribution in [1.82, 2.24) is 5.32 Å². The minimum Gasteiger partial charge on any atom is -0.492 e. The van der Waals surface area contributed by atoms with Crippen LogP contribution in [-0.2, 0) is 4.79 Å². The molecule has 1 amide bonds. The van der Waals surface area contributed by atoms with Crippen molar-refractivity contribution in [2.45, 2.75) is 19.3 Å². The third-order valence-electron chi connectivity index (χ3n) is 3.60. The van der Waals surface area contributed by atoms with E-state index in [0.29, 0.717) is 37.0 Å². The predicted molar refractivity (Wildman–Crippen MR) is 77.6 cm³/mol. The molecule has 1 unspecified atom stereocenters. The summed E-state index contributed by atoms with van der Waals surface area (Å²) in [7, 11) is 0. The molecule has 2 aliphatic rings. The summed E-state index contributed by atoms with van der Waals surface area (Å²) in [6.45, 7) is 1.19. The number of hydrogen-bond donors (Lipinski definition) is 1. The van der Waals surface area contributed by atoms with Crippen molar-refractivity contribution in [3.8, 4) is 17.2 Å². The lowest BCUT2D eigenvalue weighted by Crippen LogP contribution is -2.29. The normalized spacial score (nSPS) is 18.8. The van der Waals surface area contributed by atoms with E-state index in [1.165, 1.54) is 0 Å². The third-order valence-corrected chi connectivity index (χ3v) is 3.60. The number of ether oxygens (including phenoxy) is 3. The monoisotopic (exact) mass is 289 g/mol. The molecule has 1 aliphatic carbocycles. The lowest BCUT2D eigenvalue weighted by molar-refractivity contribution is -0.121. The SMILES string of the molecule is O=C(CC1C=CCC1)NCCOc1ccc2c(c1)OCO2. The number of rotatable bonds is 6. The molecule has 1 aliphatic heterocycles. The third kappa shape index (κ3) is 3.68. The van der Waals surface area contributed by atoms with Crippen LogP contribution in [0, 0.1) is 5.92 Å². The molecule has 1 aromatic carbocycles. The van der Waals surface area contributed by atoms with E-state index in [0.717, 1.165) is 18.6 Å². The van der Waals surface area contributed by atoms with Gasteiger partial charge in [0.05, 0.1) is 6.54 Å². The maximum atomic E-state index is 11.7. The highest BCUT2D eigenvalue weighted by atomic mass is 16.7. The molecular formula is C16H19NO4. The van der Waals surface area contributed by atoms with Crippen LogP contribution in [0.2, 0.25) is 0 Å². The van der Waals surface area contributed by atoms with Crippen LogP contribution in [0.4, 0.5) is 0 Å². The average Bonchev–Trinajstić information content (AvgIpc) is 3.14. The molecule has 5 heteroatoms. The van der Waals surface area contributed by atoms with E-state index in [4.69, 9.17) is 14.2 Å². The number of allylic oxidation sites excluding steroid dienone is 2. The second kappa shape index (κ2) is 6.52. The van der Waals surface area contributed by atoms with Gasteiger partial charge in [-0.1, -0.05) is 12.2 Å². The van der Waals surface area contributed by atoms with E-state index in [1.807, 2.05) is 12.1 Å². The minimum atomic E-state index is 0.0841. The molecule has 0 bridgehead atoms. The lowest BCUT2D eigenvalue weighted by atomic mass is 10.1. The molecule has 1 heterocycles. The van der Waals surface area contributed by atoms with E-state index < -0.39 is 0 Å². The Morgan fingerprint density at radius 3 is 3.10 bits per heavy atom. The lowest BCUT2D eigenvalue weighted by Gasteiger charge is -2.10. The summed E-state index contributed by atoms with van der Waals surface area (Å²) in [6.07, 6.45) is 7.01. The number of amides is 1. The molecule has 112 valence electrons. The van der Waals surface area contributed by atoms with Crippen molar-refractivity contribution in [3.05, 3.63) is 30.4 Å². The van der Waals surface area contributed by atoms with Gasteiger partial charge in [-0.05, 0) is 30.9 Å². The van der Waals surface area contributed by atoms with Crippen LogP contribution >= 0.6 is 0 Å². The van der Waals surface area contributed by atoms with Gasteiger partial charge in [-0.15, -0.1) is 0 Å². The molecule has 0 radical (unpaired) electrons. The Hall–Kier alpha value is -2.17. The highest BCUT2D eigenvalue weighted by molar-refractivity contribution is 5.76. The number of carbonyl (C=O) groups is 1. The van der Waals surface area contributed by atoms with Crippen molar-refractivity contribution in [1.29, 1.82) is 0 Å². The van der Waals surface area contributed by atoms with Crippen LogP contribution < -0.4 is 19.5 Å². The van der Waals surface area contributed by atoms with Gasteiger partial charge in [0.1, 0.15) is 12.4 Å². The van der Waals surface area contributed by atoms with Gasteiger partial charge in [-0.2, -0.15) is 0 Å². The molecule has 5 nitrogen and oxygen atoms in total. The smallest absolute Gasteiger partial charge is 0.231 e. The molecule has 1 N–H and O–H groups in total. The first kappa shape index (κ1) is 13.8. The zero-order valence-corrected chi connectivity index (χ0v) is 11.8. The summed E-state index contributed by atoms with van der Waals surface area (Å²) < 4.78 is 16.1. The van der Waals surface area contributed by atoms with Crippen LogP contribution in [0.1, 0.15) is 19.3 Å². The Balaban J connectivity index is 1.36. The number of carbonyl (C=O) groups excluding carboxylic acids is 1. The van der Waals surface area contributed by atoms with Gasteiger partial charge in [0.2, 0.25) is 12.7 Å². The Morgan fingerprint density at radius 2 is 2.24 bits per heavy atom. The molecule has 3 rings (SSSR count). The van der Waals surface area contributed by atoms with Gasteiger partial charge in [-0.25, -0.2) is 0 Å².